The molecule has 6 atom stereocenters. The van der Waals surface area contributed by atoms with Crippen LogP contribution in [0.25, 0.3) is 0 Å². The second-order valence-electron chi connectivity index (χ2n) is 10.4. The molecule has 0 aromatic rings. The number of epoxide rings is 1. The second kappa shape index (κ2) is 10.1. The highest BCUT2D eigenvalue weighted by Crippen LogP contribution is 2.62. The van der Waals surface area contributed by atoms with Gasteiger partial charge in [0, 0.05) is 18.3 Å². The molecular weight excluding hydrogens is 440 g/mol. The van der Waals surface area contributed by atoms with Crippen LogP contribution in [0.4, 0.5) is 0 Å². The van der Waals surface area contributed by atoms with Crippen molar-refractivity contribution in [2.75, 3.05) is 26.4 Å². The summed E-state index contributed by atoms with van der Waals surface area (Å²) in [4.78, 5) is 40.3. The highest BCUT2D eigenvalue weighted by molar-refractivity contribution is 6.23. The summed E-state index contributed by atoms with van der Waals surface area (Å²) < 4.78 is 11.0. The highest BCUT2D eigenvalue weighted by atomic mass is 16.7. The zero-order chi connectivity index (χ0) is 24.5. The number of piperidine rings is 1. The van der Waals surface area contributed by atoms with Crippen LogP contribution in [0.15, 0.2) is 11.1 Å². The Labute approximate surface area is 200 Å². The molecule has 2 aliphatic carbocycles. The Morgan fingerprint density at radius 1 is 1.18 bits per heavy atom. The average Bonchev–Trinajstić information content (AvgIpc) is 3.54. The number of allylic oxidation sites excluding steroid dienone is 1. The molecule has 2 saturated heterocycles. The average molecular weight is 479 g/mol. The Morgan fingerprint density at radius 2 is 1.88 bits per heavy atom. The fraction of sp³-hybridized carbons (Fsp3) is 0.800. The van der Waals surface area contributed by atoms with Crippen molar-refractivity contribution >= 4 is 17.5 Å². The van der Waals surface area contributed by atoms with Crippen molar-refractivity contribution < 1.29 is 34.1 Å². The van der Waals surface area contributed by atoms with Gasteiger partial charge >= 0.3 is 5.97 Å². The van der Waals surface area contributed by atoms with Gasteiger partial charge in [-0.25, -0.2) is 4.79 Å². The van der Waals surface area contributed by atoms with Crippen LogP contribution in [0, 0.1) is 17.8 Å². The van der Waals surface area contributed by atoms with E-state index in [9.17, 15) is 19.5 Å². The third-order valence-corrected chi connectivity index (χ3v) is 8.38. The highest BCUT2D eigenvalue weighted by Gasteiger charge is 2.87. The summed E-state index contributed by atoms with van der Waals surface area (Å²) in [5.74, 6) is -2.01. The van der Waals surface area contributed by atoms with Crippen molar-refractivity contribution in [1.82, 2.24) is 5.32 Å². The van der Waals surface area contributed by atoms with Crippen molar-refractivity contribution in [1.29, 1.82) is 0 Å². The molecule has 2 saturated carbocycles. The largest absolute Gasteiger partial charge is 0.461 e. The van der Waals surface area contributed by atoms with E-state index < -0.39 is 29.0 Å². The van der Waals surface area contributed by atoms with Gasteiger partial charge in [0.05, 0.1) is 19.4 Å². The molecule has 0 spiro atoms. The molecule has 190 valence electrons. The molecule has 0 amide bonds. The fourth-order valence-corrected chi connectivity index (χ4v) is 6.36. The Kier molecular flexibility index (Phi) is 7.59. The lowest BCUT2D eigenvalue weighted by Gasteiger charge is -2.37. The summed E-state index contributed by atoms with van der Waals surface area (Å²) in [6, 6.07) is 0. The predicted molar refractivity (Wildman–Crippen MR) is 122 cm³/mol. The molecule has 5 N–H and O–H groups in total. The number of aliphatic hydroxyl groups is 2. The number of fused-ring (bicyclic) bond motifs is 2. The zero-order valence-corrected chi connectivity index (χ0v) is 20.0. The number of ether oxygens (including phenoxy) is 2. The summed E-state index contributed by atoms with van der Waals surface area (Å²) in [6.07, 6.45) is 6.44. The van der Waals surface area contributed by atoms with Gasteiger partial charge in [0.2, 0.25) is 0 Å². The molecule has 2 aliphatic heterocycles. The van der Waals surface area contributed by atoms with Gasteiger partial charge in [0.1, 0.15) is 6.61 Å². The topological polar surface area (TPSA) is 151 Å². The van der Waals surface area contributed by atoms with Gasteiger partial charge in [-0.1, -0.05) is 18.4 Å². The van der Waals surface area contributed by atoms with E-state index in [4.69, 9.17) is 20.3 Å². The molecule has 34 heavy (non-hydrogen) atoms. The molecule has 0 radical (unpaired) electrons. The lowest BCUT2D eigenvalue weighted by Crippen LogP contribution is -2.58. The first-order chi connectivity index (χ1) is 16.3. The first kappa shape index (κ1) is 25.4. The minimum Gasteiger partial charge on any atom is -0.461 e. The van der Waals surface area contributed by atoms with Crippen LogP contribution in [0.1, 0.15) is 64.7 Å². The van der Waals surface area contributed by atoms with Gasteiger partial charge in [0.15, 0.2) is 17.2 Å². The number of hydrogen-bond donors (Lipinski definition) is 4. The van der Waals surface area contributed by atoms with Crippen LogP contribution >= 0.6 is 0 Å². The number of aliphatic hydroxyl groups excluding tert-OH is 2. The van der Waals surface area contributed by atoms with Crippen LogP contribution in [0.2, 0.25) is 0 Å². The lowest BCUT2D eigenvalue weighted by molar-refractivity contribution is -0.159. The van der Waals surface area contributed by atoms with Crippen molar-refractivity contribution in [2.24, 2.45) is 23.5 Å². The number of carbonyl (C=O) groups is 3. The van der Waals surface area contributed by atoms with Crippen molar-refractivity contribution in [3.8, 4) is 0 Å². The molecule has 4 rings (SSSR count). The molecule has 4 fully saturated rings. The number of nitrogens with two attached hydrogens (primary N) is 1. The third kappa shape index (κ3) is 4.26. The first-order valence-corrected chi connectivity index (χ1v) is 12.6. The van der Waals surface area contributed by atoms with Gasteiger partial charge in [-0.2, -0.15) is 0 Å². The number of Topliss-reactive ketones (excluding diaryl/α,β-unsaturated/α-hetero) is 2. The number of esters is 1. The Hall–Kier alpha value is -1.65. The maximum atomic E-state index is 13.7. The van der Waals surface area contributed by atoms with E-state index in [0.717, 1.165) is 50.6 Å². The molecule has 2 heterocycles. The zero-order valence-electron chi connectivity index (χ0n) is 20.0. The minimum atomic E-state index is -1.96. The molecule has 0 aromatic heterocycles. The van der Waals surface area contributed by atoms with E-state index in [0.29, 0.717) is 24.3 Å². The monoisotopic (exact) mass is 478 g/mol. The van der Waals surface area contributed by atoms with Crippen LogP contribution in [0.5, 0.6) is 0 Å². The summed E-state index contributed by atoms with van der Waals surface area (Å²) in [5.41, 5.74) is 4.01. The fourth-order valence-electron chi connectivity index (χ4n) is 6.36. The molecular formula is C25H38N2O7. The smallest absolute Gasteiger partial charge is 0.350 e. The Morgan fingerprint density at radius 3 is 2.53 bits per heavy atom. The number of hydrogen-bond acceptors (Lipinski definition) is 9. The molecule has 0 bridgehead atoms. The number of nitrogens with one attached hydrogen (secondary N) is 1. The first-order valence-electron chi connectivity index (χ1n) is 12.6. The van der Waals surface area contributed by atoms with Gasteiger partial charge in [-0.05, 0) is 63.5 Å². The summed E-state index contributed by atoms with van der Waals surface area (Å²) in [6.45, 7) is 1.88. The summed E-state index contributed by atoms with van der Waals surface area (Å²) in [7, 11) is 0. The van der Waals surface area contributed by atoms with Crippen LogP contribution < -0.4 is 11.1 Å². The van der Waals surface area contributed by atoms with Crippen LogP contribution in [-0.4, -0.2) is 71.5 Å². The minimum absolute atomic E-state index is 0.000961. The maximum absolute atomic E-state index is 13.7. The Bertz CT molecular complexity index is 858. The lowest BCUT2D eigenvalue weighted by atomic mass is 9.60. The number of ketones is 2. The molecule has 4 aliphatic rings. The number of carbonyl (C=O) groups excluding carboxylic acids is 3. The maximum Gasteiger partial charge on any atom is 0.350 e. The van der Waals surface area contributed by atoms with Gasteiger partial charge in [-0.3, -0.25) is 9.59 Å². The third-order valence-electron chi connectivity index (χ3n) is 8.38. The van der Waals surface area contributed by atoms with E-state index in [1.54, 1.807) is 0 Å². The van der Waals surface area contributed by atoms with E-state index in [1.165, 1.54) is 0 Å². The quantitative estimate of drug-likeness (QED) is 0.163. The van der Waals surface area contributed by atoms with Crippen molar-refractivity contribution in [3.05, 3.63) is 11.1 Å². The van der Waals surface area contributed by atoms with Gasteiger partial charge < -0.3 is 30.7 Å². The summed E-state index contributed by atoms with van der Waals surface area (Å²) in [5, 5.41) is 22.5. The van der Waals surface area contributed by atoms with Crippen LogP contribution in [0.3, 0.4) is 0 Å². The molecule has 0 aromatic carbocycles. The van der Waals surface area contributed by atoms with Crippen molar-refractivity contribution in [3.63, 3.8) is 0 Å². The Balaban J connectivity index is 1.58. The van der Waals surface area contributed by atoms with Crippen molar-refractivity contribution in [2.45, 2.75) is 82.1 Å². The number of rotatable bonds is 9. The van der Waals surface area contributed by atoms with Gasteiger partial charge in [0.25, 0.3) is 5.60 Å². The van der Waals surface area contributed by atoms with E-state index in [2.05, 4.69) is 5.32 Å². The molecule has 9 heteroatoms. The SMILES string of the molecule is CC(CCC1CCNC(N)C1)=C(CO)C[C@@]12O[C@]1(C(=O)OCCO)C(=O)C1CCCCC1C2=O. The molecule has 4 unspecified atom stereocenters. The second-order valence-corrected chi connectivity index (χ2v) is 10.4. The standard InChI is InChI=1S/C25H38N2O7/c1-15(6-7-16-8-9-27-20(26)12-16)17(14-29)13-24-21(30)18-4-2-3-5-19(18)22(31)25(24,34-24)23(32)33-11-10-28/h16,18-20,27-29H,2-14,26H2,1H3/t16?,18?,19?,20?,24-,25-/m0/s1. The van der Waals surface area contributed by atoms with Gasteiger partial charge in [-0.15, -0.1) is 0 Å². The predicted octanol–water partition coefficient (Wildman–Crippen LogP) is 0.751. The normalized spacial score (nSPS) is 38.0. The summed E-state index contributed by atoms with van der Waals surface area (Å²) >= 11 is 0. The van der Waals surface area contributed by atoms with Crippen LogP contribution in [-0.2, 0) is 23.9 Å². The molecule has 9 nitrogen and oxygen atoms in total. The van der Waals surface area contributed by atoms with E-state index in [-0.39, 0.29) is 44.0 Å². The van der Waals surface area contributed by atoms with E-state index in [1.807, 2.05) is 6.92 Å². The van der Waals surface area contributed by atoms with E-state index >= 15 is 0 Å².